The lowest BCUT2D eigenvalue weighted by Gasteiger charge is -2.08. The lowest BCUT2D eigenvalue weighted by atomic mass is 9.97. The molecule has 1 unspecified atom stereocenters. The minimum atomic E-state index is -1.00. The first-order chi connectivity index (χ1) is 6.60. The van der Waals surface area contributed by atoms with Crippen LogP contribution in [0.25, 0.3) is 0 Å². The highest BCUT2D eigenvalue weighted by atomic mass is 19.1. The summed E-state index contributed by atoms with van der Waals surface area (Å²) >= 11 is 0. The molecule has 0 N–H and O–H groups in total. The van der Waals surface area contributed by atoms with Gasteiger partial charge >= 0.3 is 0 Å². The van der Waals surface area contributed by atoms with Gasteiger partial charge in [0.15, 0.2) is 0 Å². The van der Waals surface area contributed by atoms with E-state index in [2.05, 4.69) is 0 Å². The van der Waals surface area contributed by atoms with Gasteiger partial charge in [-0.15, -0.1) is 0 Å². The van der Waals surface area contributed by atoms with Gasteiger partial charge in [-0.1, -0.05) is 6.92 Å². The van der Waals surface area contributed by atoms with Crippen LogP contribution in [0.15, 0.2) is 12.1 Å². The second-order valence-corrected chi connectivity index (χ2v) is 2.87. The molecule has 1 rings (SSSR count). The van der Waals surface area contributed by atoms with Crippen LogP contribution in [0.5, 0.6) is 0 Å². The summed E-state index contributed by atoms with van der Waals surface area (Å²) in [7, 11) is 0. The summed E-state index contributed by atoms with van der Waals surface area (Å²) in [5.74, 6) is -3.85. The van der Waals surface area contributed by atoms with Crippen molar-refractivity contribution in [2.75, 3.05) is 0 Å². The fourth-order valence-corrected chi connectivity index (χ4v) is 1.25. The first kappa shape index (κ1) is 10.6. The van der Waals surface area contributed by atoms with E-state index >= 15 is 0 Å². The van der Waals surface area contributed by atoms with Crippen molar-refractivity contribution in [1.82, 2.24) is 0 Å². The molecule has 0 saturated carbocycles. The highest BCUT2D eigenvalue weighted by molar-refractivity contribution is 5.28. The lowest BCUT2D eigenvalue weighted by molar-refractivity contribution is 0.514. The molecule has 14 heavy (non-hydrogen) atoms. The molecule has 0 bridgehead atoms. The number of halogens is 3. The fourth-order valence-electron chi connectivity index (χ4n) is 1.25. The van der Waals surface area contributed by atoms with Crippen molar-refractivity contribution >= 4 is 0 Å². The van der Waals surface area contributed by atoms with Crippen molar-refractivity contribution in [1.29, 1.82) is 5.26 Å². The summed E-state index contributed by atoms with van der Waals surface area (Å²) in [5.41, 5.74) is -0.351. The summed E-state index contributed by atoms with van der Waals surface area (Å²) in [6.45, 7) is 1.64. The Bertz CT molecular complexity index is 358. The molecule has 1 nitrogen and oxygen atoms in total. The van der Waals surface area contributed by atoms with E-state index in [0.717, 1.165) is 0 Å². The van der Waals surface area contributed by atoms with Crippen LogP contribution >= 0.6 is 0 Å². The molecule has 0 aliphatic carbocycles. The zero-order valence-corrected chi connectivity index (χ0v) is 7.52. The normalized spacial score (nSPS) is 12.2. The molecule has 0 saturated heterocycles. The Morgan fingerprint density at radius 1 is 1.29 bits per heavy atom. The Hall–Kier alpha value is -1.50. The summed E-state index contributed by atoms with van der Waals surface area (Å²) in [4.78, 5) is 0. The van der Waals surface area contributed by atoms with Crippen LogP contribution in [0, 0.1) is 28.8 Å². The number of nitrogens with zero attached hydrogens (tertiary/aromatic N) is 1. The molecule has 0 aromatic heterocycles. The fraction of sp³-hybridized carbons (Fsp3) is 0.300. The van der Waals surface area contributed by atoms with Gasteiger partial charge in [-0.05, 0) is 6.42 Å². The largest absolute Gasteiger partial charge is 0.207 e. The van der Waals surface area contributed by atoms with Crippen molar-refractivity contribution in [3.8, 4) is 6.07 Å². The van der Waals surface area contributed by atoms with E-state index < -0.39 is 23.4 Å². The molecular formula is C10H8F3N. The average molecular weight is 199 g/mol. The first-order valence-electron chi connectivity index (χ1n) is 4.14. The van der Waals surface area contributed by atoms with Crippen LogP contribution in [0.3, 0.4) is 0 Å². The summed E-state index contributed by atoms with van der Waals surface area (Å²) in [6, 6.07) is 2.93. The minimum absolute atomic E-state index is 0.288. The first-order valence-corrected chi connectivity index (χ1v) is 4.14. The molecule has 1 aromatic rings. The molecule has 0 spiro atoms. The van der Waals surface area contributed by atoms with Gasteiger partial charge in [0.25, 0.3) is 0 Å². The number of hydrogen-bond donors (Lipinski definition) is 0. The number of benzene rings is 1. The van der Waals surface area contributed by atoms with Gasteiger partial charge in [0.1, 0.15) is 17.5 Å². The van der Waals surface area contributed by atoms with Crippen molar-refractivity contribution in [2.45, 2.75) is 19.3 Å². The zero-order chi connectivity index (χ0) is 10.7. The molecule has 0 aliphatic rings. The monoisotopic (exact) mass is 199 g/mol. The Morgan fingerprint density at radius 3 is 2.14 bits per heavy atom. The highest BCUT2D eigenvalue weighted by Crippen LogP contribution is 2.25. The van der Waals surface area contributed by atoms with Crippen molar-refractivity contribution in [3.63, 3.8) is 0 Å². The van der Waals surface area contributed by atoms with E-state index in [4.69, 9.17) is 5.26 Å². The predicted octanol–water partition coefficient (Wildman–Crippen LogP) is 3.12. The Balaban J connectivity index is 3.28. The van der Waals surface area contributed by atoms with Crippen molar-refractivity contribution in [2.24, 2.45) is 0 Å². The van der Waals surface area contributed by atoms with E-state index in [1.807, 2.05) is 0 Å². The number of hydrogen-bond acceptors (Lipinski definition) is 1. The van der Waals surface area contributed by atoms with E-state index in [1.165, 1.54) is 0 Å². The maximum absolute atomic E-state index is 13.1. The molecule has 0 aliphatic heterocycles. The molecular weight excluding hydrogens is 191 g/mol. The predicted molar refractivity (Wildman–Crippen MR) is 45.0 cm³/mol. The molecule has 74 valence electrons. The van der Waals surface area contributed by atoms with Crippen LogP contribution in [0.2, 0.25) is 0 Å². The van der Waals surface area contributed by atoms with Crippen LogP contribution in [0.4, 0.5) is 13.2 Å². The topological polar surface area (TPSA) is 23.8 Å². The van der Waals surface area contributed by atoms with Gasteiger partial charge < -0.3 is 0 Å². The SMILES string of the molecule is CCC(C#N)c1c(F)cc(F)cc1F. The number of nitriles is 1. The third-order valence-corrected chi connectivity index (χ3v) is 1.96. The molecule has 0 fully saturated rings. The molecule has 1 aromatic carbocycles. The second-order valence-electron chi connectivity index (χ2n) is 2.87. The average Bonchev–Trinajstić information content (AvgIpc) is 2.10. The van der Waals surface area contributed by atoms with Gasteiger partial charge in [0.2, 0.25) is 0 Å². The second kappa shape index (κ2) is 4.14. The molecule has 0 radical (unpaired) electrons. The van der Waals surface area contributed by atoms with E-state index in [9.17, 15) is 13.2 Å². The summed E-state index contributed by atoms with van der Waals surface area (Å²) in [6.07, 6.45) is 0.288. The van der Waals surface area contributed by atoms with E-state index in [-0.39, 0.29) is 12.0 Å². The maximum atomic E-state index is 13.1. The maximum Gasteiger partial charge on any atom is 0.133 e. The molecule has 4 heteroatoms. The third kappa shape index (κ3) is 1.87. The molecule has 0 heterocycles. The van der Waals surface area contributed by atoms with Crippen molar-refractivity contribution in [3.05, 3.63) is 35.1 Å². The van der Waals surface area contributed by atoms with E-state index in [1.54, 1.807) is 13.0 Å². The third-order valence-electron chi connectivity index (χ3n) is 1.96. The zero-order valence-electron chi connectivity index (χ0n) is 7.52. The van der Waals surface area contributed by atoms with Crippen LogP contribution in [-0.4, -0.2) is 0 Å². The van der Waals surface area contributed by atoms with E-state index in [0.29, 0.717) is 12.1 Å². The molecule has 0 amide bonds. The summed E-state index contributed by atoms with van der Waals surface area (Å²) < 4.78 is 38.7. The standard InChI is InChI=1S/C10H8F3N/c1-2-6(5-14)10-8(12)3-7(11)4-9(10)13/h3-4,6H,2H2,1H3. The Kier molecular flexibility index (Phi) is 3.13. The van der Waals surface area contributed by atoms with Crippen LogP contribution in [0.1, 0.15) is 24.8 Å². The van der Waals surface area contributed by atoms with Crippen LogP contribution < -0.4 is 0 Å². The van der Waals surface area contributed by atoms with Gasteiger partial charge in [-0.25, -0.2) is 13.2 Å². The van der Waals surface area contributed by atoms with Gasteiger partial charge in [0.05, 0.1) is 12.0 Å². The Labute approximate surface area is 79.8 Å². The minimum Gasteiger partial charge on any atom is -0.207 e. The number of rotatable bonds is 2. The molecule has 1 atom stereocenters. The lowest BCUT2D eigenvalue weighted by Crippen LogP contribution is -2.02. The van der Waals surface area contributed by atoms with Gasteiger partial charge in [-0.2, -0.15) is 5.26 Å². The summed E-state index contributed by atoms with van der Waals surface area (Å²) in [5, 5.41) is 8.62. The van der Waals surface area contributed by atoms with Crippen molar-refractivity contribution < 1.29 is 13.2 Å². The van der Waals surface area contributed by atoms with Gasteiger partial charge in [-0.3, -0.25) is 0 Å². The smallest absolute Gasteiger partial charge is 0.133 e. The van der Waals surface area contributed by atoms with Crippen LogP contribution in [-0.2, 0) is 0 Å². The van der Waals surface area contributed by atoms with Gasteiger partial charge in [0, 0.05) is 17.7 Å². The quantitative estimate of drug-likeness (QED) is 0.717. The highest BCUT2D eigenvalue weighted by Gasteiger charge is 2.19. The Morgan fingerprint density at radius 2 is 1.79 bits per heavy atom.